The van der Waals surface area contributed by atoms with Crippen LogP contribution in [0, 0.1) is 0 Å². The molecule has 0 spiro atoms. The zero-order chi connectivity index (χ0) is 10.8. The van der Waals surface area contributed by atoms with E-state index in [9.17, 15) is 4.79 Å². The summed E-state index contributed by atoms with van der Waals surface area (Å²) in [6.45, 7) is 0. The minimum Gasteiger partial charge on any atom is -0.359 e. The maximum absolute atomic E-state index is 11.2. The van der Waals surface area contributed by atoms with Crippen molar-refractivity contribution < 1.29 is 4.79 Å². The smallest absolute Gasteiger partial charge is 0.265 e. The van der Waals surface area contributed by atoms with E-state index in [1.54, 1.807) is 25.2 Å². The summed E-state index contributed by atoms with van der Waals surface area (Å²) in [5.74, 6) is 5.38. The highest BCUT2D eigenvalue weighted by atomic mass is 16.2. The van der Waals surface area contributed by atoms with Crippen LogP contribution < -0.4 is 16.6 Å². The van der Waals surface area contributed by atoms with Crippen LogP contribution in [-0.4, -0.2) is 22.9 Å². The number of aromatic amines is 1. The van der Waals surface area contributed by atoms with E-state index in [1.807, 2.05) is 0 Å². The summed E-state index contributed by atoms with van der Waals surface area (Å²) in [7, 11) is 1.77. The molecule has 15 heavy (non-hydrogen) atoms. The molecule has 6 nitrogen and oxygen atoms in total. The molecule has 5 N–H and O–H groups in total. The lowest BCUT2D eigenvalue weighted by molar-refractivity contribution is 0.0954. The van der Waals surface area contributed by atoms with Crippen molar-refractivity contribution >= 4 is 22.9 Å². The van der Waals surface area contributed by atoms with Gasteiger partial charge in [0, 0.05) is 12.6 Å². The minimum atomic E-state index is -0.322. The number of nitrogen functional groups attached to an aromatic ring is 1. The second-order valence-corrected chi connectivity index (χ2v) is 3.04. The first-order valence-corrected chi connectivity index (χ1v) is 4.43. The standard InChI is InChI=1S/C9H11N5O/c1-11-9-12-6-3-2-5(8(15)14-10)4-7(6)13-9/h2-4H,10H2,1H3,(H,14,15)(H2,11,12,13). The monoisotopic (exact) mass is 205 g/mol. The van der Waals surface area contributed by atoms with Gasteiger partial charge in [0.2, 0.25) is 5.95 Å². The number of imidazole rings is 1. The van der Waals surface area contributed by atoms with Gasteiger partial charge in [-0.15, -0.1) is 0 Å². The van der Waals surface area contributed by atoms with Gasteiger partial charge in [-0.2, -0.15) is 0 Å². The molecular formula is C9H11N5O. The molecule has 0 saturated heterocycles. The Kier molecular flexibility index (Phi) is 2.26. The van der Waals surface area contributed by atoms with Crippen molar-refractivity contribution in [1.29, 1.82) is 0 Å². The maximum Gasteiger partial charge on any atom is 0.265 e. The Labute approximate surface area is 85.8 Å². The number of nitrogens with one attached hydrogen (secondary N) is 3. The van der Waals surface area contributed by atoms with Crippen molar-refractivity contribution in [3.63, 3.8) is 0 Å². The number of H-pyrrole nitrogens is 1. The molecule has 0 bridgehead atoms. The van der Waals surface area contributed by atoms with Gasteiger partial charge in [-0.05, 0) is 18.2 Å². The molecule has 0 unspecified atom stereocenters. The number of nitrogens with zero attached hydrogens (tertiary/aromatic N) is 1. The second kappa shape index (κ2) is 3.58. The molecule has 6 heteroatoms. The molecule has 0 aliphatic carbocycles. The summed E-state index contributed by atoms with van der Waals surface area (Å²) in [5.41, 5.74) is 4.17. The lowest BCUT2D eigenvalue weighted by Gasteiger charge is -1.97. The summed E-state index contributed by atoms with van der Waals surface area (Å²) in [6.07, 6.45) is 0. The molecular weight excluding hydrogens is 194 g/mol. The number of nitrogens with two attached hydrogens (primary N) is 1. The van der Waals surface area contributed by atoms with Gasteiger partial charge >= 0.3 is 0 Å². The van der Waals surface area contributed by atoms with Crippen molar-refractivity contribution in [2.24, 2.45) is 5.84 Å². The Morgan fingerprint density at radius 3 is 3.00 bits per heavy atom. The molecule has 1 aromatic heterocycles. The Balaban J connectivity index is 2.50. The normalized spacial score (nSPS) is 10.3. The highest BCUT2D eigenvalue weighted by molar-refractivity contribution is 5.97. The molecule has 1 aromatic carbocycles. The van der Waals surface area contributed by atoms with Crippen molar-refractivity contribution in [3.05, 3.63) is 23.8 Å². The number of rotatable bonds is 2. The third-order valence-electron chi connectivity index (χ3n) is 2.11. The second-order valence-electron chi connectivity index (χ2n) is 3.04. The van der Waals surface area contributed by atoms with E-state index in [4.69, 9.17) is 5.84 Å². The third kappa shape index (κ3) is 1.62. The lowest BCUT2D eigenvalue weighted by atomic mass is 10.2. The van der Waals surface area contributed by atoms with Gasteiger partial charge in [-0.1, -0.05) is 0 Å². The predicted octanol–water partition coefficient (Wildman–Crippen LogP) is 0.208. The number of aromatic nitrogens is 2. The number of hydrazine groups is 1. The van der Waals surface area contributed by atoms with E-state index in [2.05, 4.69) is 20.7 Å². The largest absolute Gasteiger partial charge is 0.359 e. The number of fused-ring (bicyclic) bond motifs is 1. The van der Waals surface area contributed by atoms with Crippen LogP contribution in [0.2, 0.25) is 0 Å². The molecule has 0 fully saturated rings. The molecule has 1 amide bonds. The fourth-order valence-electron chi connectivity index (χ4n) is 1.35. The Hall–Kier alpha value is -2.08. The topological polar surface area (TPSA) is 95.8 Å². The third-order valence-corrected chi connectivity index (χ3v) is 2.11. The van der Waals surface area contributed by atoms with E-state index in [-0.39, 0.29) is 5.91 Å². The van der Waals surface area contributed by atoms with Gasteiger partial charge in [0.15, 0.2) is 0 Å². The number of hydrogen-bond donors (Lipinski definition) is 4. The Morgan fingerprint density at radius 2 is 2.33 bits per heavy atom. The molecule has 0 aliphatic rings. The van der Waals surface area contributed by atoms with E-state index < -0.39 is 0 Å². The molecule has 0 saturated carbocycles. The Morgan fingerprint density at radius 1 is 1.53 bits per heavy atom. The van der Waals surface area contributed by atoms with E-state index in [0.29, 0.717) is 11.5 Å². The first-order chi connectivity index (χ1) is 7.24. The van der Waals surface area contributed by atoms with Crippen LogP contribution in [0.15, 0.2) is 18.2 Å². The van der Waals surface area contributed by atoms with Crippen LogP contribution in [0.25, 0.3) is 11.0 Å². The maximum atomic E-state index is 11.2. The van der Waals surface area contributed by atoms with Crippen LogP contribution in [0.1, 0.15) is 10.4 Å². The highest BCUT2D eigenvalue weighted by Crippen LogP contribution is 2.15. The zero-order valence-electron chi connectivity index (χ0n) is 8.16. The van der Waals surface area contributed by atoms with Gasteiger partial charge in [-0.25, -0.2) is 10.8 Å². The van der Waals surface area contributed by atoms with Crippen molar-refractivity contribution in [1.82, 2.24) is 15.4 Å². The molecule has 0 atom stereocenters. The quantitative estimate of drug-likeness (QED) is 0.320. The van der Waals surface area contributed by atoms with E-state index in [0.717, 1.165) is 11.0 Å². The number of amides is 1. The highest BCUT2D eigenvalue weighted by Gasteiger charge is 2.06. The lowest BCUT2D eigenvalue weighted by Crippen LogP contribution is -2.29. The fourth-order valence-corrected chi connectivity index (χ4v) is 1.35. The predicted molar refractivity (Wildman–Crippen MR) is 57.3 cm³/mol. The van der Waals surface area contributed by atoms with Crippen molar-refractivity contribution in [2.45, 2.75) is 0 Å². The number of hydrogen-bond acceptors (Lipinski definition) is 4. The molecule has 2 rings (SSSR count). The molecule has 0 aliphatic heterocycles. The fraction of sp³-hybridized carbons (Fsp3) is 0.111. The zero-order valence-corrected chi connectivity index (χ0v) is 8.16. The summed E-state index contributed by atoms with van der Waals surface area (Å²) in [5, 5.41) is 2.89. The summed E-state index contributed by atoms with van der Waals surface area (Å²) in [4.78, 5) is 18.5. The van der Waals surface area contributed by atoms with Gasteiger partial charge in [0.25, 0.3) is 5.91 Å². The number of benzene rings is 1. The van der Waals surface area contributed by atoms with Gasteiger partial charge in [0.05, 0.1) is 11.0 Å². The summed E-state index contributed by atoms with van der Waals surface area (Å²) < 4.78 is 0. The van der Waals surface area contributed by atoms with Crippen LogP contribution in [0.3, 0.4) is 0 Å². The van der Waals surface area contributed by atoms with Crippen molar-refractivity contribution in [3.8, 4) is 0 Å². The van der Waals surface area contributed by atoms with Gasteiger partial charge < -0.3 is 10.3 Å². The summed E-state index contributed by atoms with van der Waals surface area (Å²) in [6, 6.07) is 5.13. The van der Waals surface area contributed by atoms with Crippen LogP contribution in [-0.2, 0) is 0 Å². The summed E-state index contributed by atoms with van der Waals surface area (Å²) >= 11 is 0. The number of carbonyl (C=O) groups is 1. The van der Waals surface area contributed by atoms with Crippen LogP contribution in [0.4, 0.5) is 5.95 Å². The van der Waals surface area contributed by atoms with E-state index in [1.165, 1.54) is 0 Å². The van der Waals surface area contributed by atoms with Crippen LogP contribution >= 0.6 is 0 Å². The molecule has 78 valence electrons. The van der Waals surface area contributed by atoms with Crippen molar-refractivity contribution in [2.75, 3.05) is 12.4 Å². The van der Waals surface area contributed by atoms with Gasteiger partial charge in [-0.3, -0.25) is 10.2 Å². The first-order valence-electron chi connectivity index (χ1n) is 4.43. The number of carbonyl (C=O) groups excluding carboxylic acids is 1. The number of anilines is 1. The Bertz CT molecular complexity index is 504. The first kappa shape index (κ1) is 9.47. The van der Waals surface area contributed by atoms with E-state index >= 15 is 0 Å². The molecule has 1 heterocycles. The van der Waals surface area contributed by atoms with Gasteiger partial charge in [0.1, 0.15) is 0 Å². The van der Waals surface area contributed by atoms with Crippen LogP contribution in [0.5, 0.6) is 0 Å². The minimum absolute atomic E-state index is 0.322. The molecule has 0 radical (unpaired) electrons. The average Bonchev–Trinajstić information content (AvgIpc) is 2.69. The molecule has 2 aromatic rings. The SMILES string of the molecule is CNc1nc2ccc(C(=O)NN)cc2[nH]1. The average molecular weight is 205 g/mol.